The third-order valence-corrected chi connectivity index (χ3v) is 14.1. The summed E-state index contributed by atoms with van der Waals surface area (Å²) >= 11 is 0. The van der Waals surface area contributed by atoms with Crippen LogP contribution in [0.2, 0.25) is 0 Å². The van der Waals surface area contributed by atoms with Gasteiger partial charge in [0, 0.05) is 41.4 Å². The van der Waals surface area contributed by atoms with Gasteiger partial charge in [0.2, 0.25) is 0 Å². The van der Waals surface area contributed by atoms with Gasteiger partial charge >= 0.3 is 41.7 Å². The van der Waals surface area contributed by atoms with Crippen LogP contribution in [0.5, 0.6) is 52.5 Å². The average molecular weight is 1300 g/mol. The van der Waals surface area contributed by atoms with Crippen LogP contribution in [0.3, 0.4) is 0 Å². The van der Waals surface area contributed by atoms with Crippen molar-refractivity contribution in [3.63, 3.8) is 0 Å². The number of amides is 2. The van der Waals surface area contributed by atoms with E-state index in [1.54, 1.807) is 69.9 Å². The van der Waals surface area contributed by atoms with Gasteiger partial charge in [-0.3, -0.25) is 32.9 Å². The number of rotatable bonds is 22. The summed E-state index contributed by atoms with van der Waals surface area (Å²) in [6, 6.07) is 31.3. The molecule has 0 bridgehead atoms. The van der Waals surface area contributed by atoms with Gasteiger partial charge in [0.1, 0.15) is 51.9 Å². The van der Waals surface area contributed by atoms with E-state index in [0.717, 1.165) is 10.5 Å². The van der Waals surface area contributed by atoms with Gasteiger partial charge in [-0.2, -0.15) is 15.0 Å². The third kappa shape index (κ3) is 14.7. The number of carbonyl (C=O) groups excluding carboxylic acids is 3. The lowest BCUT2D eigenvalue weighted by Gasteiger charge is -2.21. The van der Waals surface area contributed by atoms with Crippen LogP contribution in [-0.2, 0) is 29.1 Å². The maximum absolute atomic E-state index is 13.5. The van der Waals surface area contributed by atoms with Crippen LogP contribution in [0.25, 0.3) is 28.2 Å². The Morgan fingerprint density at radius 1 is 0.500 bits per heavy atom. The van der Waals surface area contributed by atoms with E-state index >= 15 is 0 Å². The van der Waals surface area contributed by atoms with Gasteiger partial charge in [0.05, 0.1) is 108 Å². The number of hydrogen-bond acceptors (Lipinski definition) is 20. The lowest BCUT2D eigenvalue weighted by atomic mass is 10.1. The number of primary amides is 1. The molecule has 0 radical (unpaired) electrons. The predicted molar refractivity (Wildman–Crippen MR) is 336 cm³/mol. The molecule has 10 rings (SSSR count). The number of nitrogens with two attached hydrogens (primary N) is 1. The Morgan fingerprint density at radius 2 is 0.915 bits per heavy atom. The second-order valence-electron chi connectivity index (χ2n) is 19.4. The number of fused-ring (bicyclic) bond motifs is 1. The molecule has 4 N–H and O–H groups in total. The maximum atomic E-state index is 13.5. The van der Waals surface area contributed by atoms with E-state index in [0.29, 0.717) is 69.2 Å². The zero-order valence-electron chi connectivity index (χ0n) is 52.6. The first-order chi connectivity index (χ1) is 45.3. The molecule has 0 fully saturated rings. The van der Waals surface area contributed by atoms with Gasteiger partial charge in [-0.05, 0) is 109 Å². The van der Waals surface area contributed by atoms with Crippen LogP contribution in [0.15, 0.2) is 137 Å². The summed E-state index contributed by atoms with van der Waals surface area (Å²) < 4.78 is 103. The van der Waals surface area contributed by atoms with Gasteiger partial charge in [-0.15, -0.1) is 0 Å². The fraction of sp³-hybridized carbons (Fsp3) is 0.219. The molecule has 4 heterocycles. The van der Waals surface area contributed by atoms with Crippen LogP contribution in [0.1, 0.15) is 37.7 Å². The quantitative estimate of drug-likeness (QED) is 0.0536. The summed E-state index contributed by atoms with van der Waals surface area (Å²) in [5.74, 6) is 0.794. The zero-order valence-corrected chi connectivity index (χ0v) is 52.6. The topological polar surface area (TPSA) is 302 Å². The highest BCUT2D eigenvalue weighted by Crippen LogP contribution is 2.35. The Kier molecular flexibility index (Phi) is 22.1. The molecule has 0 aliphatic rings. The van der Waals surface area contributed by atoms with E-state index in [2.05, 4.69) is 25.3 Å². The second-order valence-corrected chi connectivity index (χ2v) is 19.4. The number of methoxy groups -OCH3 is 11. The highest BCUT2D eigenvalue weighted by molar-refractivity contribution is 6.00. The summed E-state index contributed by atoms with van der Waals surface area (Å²) in [5, 5.41) is 3.13. The second kappa shape index (κ2) is 30.6. The molecule has 4 aromatic heterocycles. The molecular weight excluding hydrogens is 1240 g/mol. The number of aromatic nitrogens is 8. The standard InChI is InChI=1S/C22H23FN4O6.C21H19FN4O5.C21H22FN3O5/c1-30-16-10-5-13(17(11-16)31-2)12-26(21(24)29)19-18(20(28)32-3)27(22(25-19)33-4)15-8-6-14(23)7-9-15;1-29-15-9-4-12(16(10-15)30-2)11-25-18-17(19(27)24-20(25)28)26(21(23-18)31-3)14-7-5-13(22)6-8-14;1-27-16-10-5-13(17(11-16)28-2)12-23-19-18(20(26)29-3)25(21(24-19)30-4)15-8-6-14(22)7-9-15/h5-11H,12H2,1-4H3,(H2,24,29);4-10H,11H2,1-3H3,(H,24,27,28);5-11,23H,12H2,1-4H3. The van der Waals surface area contributed by atoms with E-state index in [-0.39, 0.29) is 65.3 Å². The first-order valence-electron chi connectivity index (χ1n) is 27.8. The molecule has 0 atom stereocenters. The SMILES string of the molecule is COC(=O)c1c(N(Cc2ccc(OC)cc2OC)C(N)=O)nc(OC)n1-c1ccc(F)cc1.COC(=O)c1c(NCc2ccc(OC)cc2OC)nc(OC)n1-c1ccc(F)cc1.COc1ccc(Cn2c(=O)[nH]c(=O)c3c2nc(OC)n3-c2ccc(F)cc2)c(OC)c1. The van der Waals surface area contributed by atoms with Crippen LogP contribution in [-0.4, -0.2) is 134 Å². The van der Waals surface area contributed by atoms with Crippen LogP contribution < -0.4 is 69.8 Å². The Labute approximate surface area is 534 Å². The van der Waals surface area contributed by atoms with E-state index in [4.69, 9.17) is 57.8 Å². The zero-order chi connectivity index (χ0) is 67.9. The Bertz CT molecular complexity index is 4460. The molecule has 0 aliphatic heterocycles. The molecule has 94 heavy (non-hydrogen) atoms. The maximum Gasteiger partial charge on any atom is 0.359 e. The molecule has 0 saturated carbocycles. The number of esters is 2. The smallest absolute Gasteiger partial charge is 0.359 e. The number of imidazole rings is 3. The number of ether oxygens (including phenoxy) is 11. The van der Waals surface area contributed by atoms with Crippen LogP contribution in [0.4, 0.5) is 29.6 Å². The normalized spacial score (nSPS) is 10.6. The van der Waals surface area contributed by atoms with Crippen molar-refractivity contribution in [3.05, 3.63) is 194 Å². The van der Waals surface area contributed by atoms with Gasteiger partial charge in [-0.25, -0.2) is 32.3 Å². The van der Waals surface area contributed by atoms with Gasteiger partial charge in [0.25, 0.3) is 5.56 Å². The molecule has 0 saturated heterocycles. The summed E-state index contributed by atoms with van der Waals surface area (Å²) in [6.07, 6.45) is 0. The number of aromatic amines is 1. The van der Waals surface area contributed by atoms with Gasteiger partial charge < -0.3 is 63.2 Å². The number of hydrogen-bond donors (Lipinski definition) is 3. The fourth-order valence-electron chi connectivity index (χ4n) is 9.55. The lowest BCUT2D eigenvalue weighted by molar-refractivity contribution is 0.0583. The minimum atomic E-state index is -0.885. The Morgan fingerprint density at radius 3 is 1.37 bits per heavy atom. The van der Waals surface area contributed by atoms with Crippen molar-refractivity contribution in [3.8, 4) is 69.6 Å². The molecule has 27 nitrogen and oxygen atoms in total. The molecule has 10 aromatic rings. The van der Waals surface area contributed by atoms with E-state index in [1.165, 1.54) is 148 Å². The highest BCUT2D eigenvalue weighted by Gasteiger charge is 2.33. The molecule has 6 aromatic carbocycles. The van der Waals surface area contributed by atoms with Gasteiger partial charge in [0.15, 0.2) is 34.2 Å². The summed E-state index contributed by atoms with van der Waals surface area (Å²) in [6.45, 7) is 0.291. The summed E-state index contributed by atoms with van der Waals surface area (Å²) in [7, 11) is 15.8. The largest absolute Gasteiger partial charge is 0.497 e. The first-order valence-corrected chi connectivity index (χ1v) is 27.8. The number of anilines is 2. The molecule has 2 amide bonds. The lowest BCUT2D eigenvalue weighted by Crippen LogP contribution is -2.36. The van der Waals surface area contributed by atoms with Crippen molar-refractivity contribution >= 4 is 40.8 Å². The van der Waals surface area contributed by atoms with Crippen molar-refractivity contribution in [1.82, 2.24) is 38.2 Å². The van der Waals surface area contributed by atoms with Crippen molar-refractivity contribution in [2.75, 3.05) is 88.4 Å². The van der Waals surface area contributed by atoms with E-state index in [1.807, 2.05) is 6.07 Å². The number of nitrogens with one attached hydrogen (secondary N) is 2. The number of H-pyrrole nitrogens is 1. The molecule has 0 aliphatic carbocycles. The minimum absolute atomic E-state index is 0.0371. The van der Waals surface area contributed by atoms with Crippen LogP contribution in [0, 0.1) is 17.5 Å². The van der Waals surface area contributed by atoms with E-state index in [9.17, 15) is 37.1 Å². The molecule has 30 heteroatoms. The summed E-state index contributed by atoms with van der Waals surface area (Å²) in [5.41, 5.74) is 7.97. The first kappa shape index (κ1) is 67.8. The molecule has 0 unspecified atom stereocenters. The number of nitrogens with zero attached hydrogens (tertiary/aromatic N) is 8. The highest BCUT2D eigenvalue weighted by atomic mass is 19.1. The molecule has 0 spiro atoms. The van der Waals surface area contributed by atoms with E-state index < -0.39 is 46.7 Å². The number of benzene rings is 6. The monoisotopic (exact) mass is 1300 g/mol. The average Bonchev–Trinajstić information content (AvgIpc) is 1.62. The fourth-order valence-corrected chi connectivity index (χ4v) is 9.55. The number of carbonyl (C=O) groups is 3. The molecular formula is C64H64F3N11O16. The number of urea groups is 1. The van der Waals surface area contributed by atoms with Crippen LogP contribution >= 0.6 is 0 Å². The van der Waals surface area contributed by atoms with Crippen molar-refractivity contribution in [2.24, 2.45) is 5.73 Å². The molecule has 492 valence electrons. The van der Waals surface area contributed by atoms with Crippen molar-refractivity contribution < 1.29 is 79.7 Å². The van der Waals surface area contributed by atoms with Crippen molar-refractivity contribution in [2.45, 2.75) is 19.6 Å². The minimum Gasteiger partial charge on any atom is -0.497 e. The predicted octanol–water partition coefficient (Wildman–Crippen LogP) is 8.43. The number of halogens is 3. The third-order valence-electron chi connectivity index (χ3n) is 14.1. The Balaban J connectivity index is 0.000000181. The Hall–Kier alpha value is -12.1. The van der Waals surface area contributed by atoms with Crippen molar-refractivity contribution in [1.29, 1.82) is 0 Å². The van der Waals surface area contributed by atoms with Gasteiger partial charge in [-0.1, -0.05) is 0 Å². The summed E-state index contributed by atoms with van der Waals surface area (Å²) in [4.78, 5) is 79.6.